The lowest BCUT2D eigenvalue weighted by Gasteiger charge is -2.27. The summed E-state index contributed by atoms with van der Waals surface area (Å²) in [6.45, 7) is 2.60. The first kappa shape index (κ1) is 12.8. The molecule has 1 unspecified atom stereocenters. The van der Waals surface area contributed by atoms with Gasteiger partial charge >= 0.3 is 6.18 Å². The Hall–Kier alpha value is -0.250. The maximum Gasteiger partial charge on any atom is 0.402 e. The monoisotopic (exact) mass is 216 g/mol. The molecule has 0 aliphatic rings. The third kappa shape index (κ3) is 2.86. The van der Waals surface area contributed by atoms with E-state index in [9.17, 15) is 18.0 Å². The van der Waals surface area contributed by atoms with E-state index in [0.717, 1.165) is 6.92 Å². The molecule has 0 fully saturated rings. The second-order valence-electron chi connectivity index (χ2n) is 3.21. The van der Waals surface area contributed by atoms with Crippen molar-refractivity contribution >= 4 is 16.8 Å². The van der Waals surface area contributed by atoms with Crippen LogP contribution in [0.25, 0.3) is 0 Å². The van der Waals surface area contributed by atoms with Gasteiger partial charge in [-0.3, -0.25) is 4.79 Å². The summed E-state index contributed by atoms with van der Waals surface area (Å²) in [5.74, 6) is 0. The fourth-order valence-electron chi connectivity index (χ4n) is 0.882. The van der Waals surface area contributed by atoms with Gasteiger partial charge in [-0.15, -0.1) is 0 Å². The van der Waals surface area contributed by atoms with E-state index < -0.39 is 16.8 Å². The maximum atomic E-state index is 12.4. The molecule has 78 valence electrons. The molecule has 0 saturated heterocycles. The summed E-state index contributed by atoms with van der Waals surface area (Å²) in [5.41, 5.74) is -2.38. The van der Waals surface area contributed by atoms with Crippen molar-refractivity contribution in [2.75, 3.05) is 0 Å². The van der Waals surface area contributed by atoms with Crippen molar-refractivity contribution < 1.29 is 18.0 Å². The van der Waals surface area contributed by atoms with Crippen LogP contribution in [0.5, 0.6) is 0 Å². The van der Waals surface area contributed by atoms with Crippen LogP contribution in [0.3, 0.4) is 0 Å². The molecule has 0 aliphatic carbocycles. The summed E-state index contributed by atoms with van der Waals surface area (Å²) < 4.78 is 37.1. The third-order valence-corrected chi connectivity index (χ3v) is 2.51. The van der Waals surface area contributed by atoms with Crippen LogP contribution in [-0.4, -0.2) is 11.4 Å². The molecule has 1 nitrogen and oxygen atoms in total. The Labute approximate surface area is 80.3 Å². The molecule has 0 aromatic rings. The van der Waals surface area contributed by atoms with Crippen LogP contribution in [0.1, 0.15) is 33.1 Å². The Morgan fingerprint density at radius 3 is 2.08 bits per heavy atom. The normalized spacial score (nSPS) is 16.8. The summed E-state index contributed by atoms with van der Waals surface area (Å²) in [6, 6.07) is 0. The van der Waals surface area contributed by atoms with E-state index in [1.165, 1.54) is 0 Å². The topological polar surface area (TPSA) is 17.1 Å². The van der Waals surface area contributed by atoms with Crippen LogP contribution in [0.15, 0.2) is 0 Å². The minimum absolute atomic E-state index is 0.241. The van der Waals surface area contributed by atoms with Gasteiger partial charge < -0.3 is 0 Å². The highest BCUT2D eigenvalue weighted by atomic mass is 35.5. The number of unbranched alkanes of at least 4 members (excludes halogenated alkanes) is 1. The van der Waals surface area contributed by atoms with Gasteiger partial charge in [0.25, 0.3) is 0 Å². The van der Waals surface area contributed by atoms with Crippen LogP contribution in [-0.2, 0) is 4.79 Å². The van der Waals surface area contributed by atoms with Crippen LogP contribution in [0.2, 0.25) is 0 Å². The van der Waals surface area contributed by atoms with E-state index in [0.29, 0.717) is 12.8 Å². The molecule has 0 amide bonds. The fourth-order valence-corrected chi connectivity index (χ4v) is 1.08. The van der Waals surface area contributed by atoms with Crippen molar-refractivity contribution in [1.82, 2.24) is 0 Å². The molecular weight excluding hydrogens is 205 g/mol. The molecule has 0 heterocycles. The molecule has 0 saturated carbocycles. The average molecular weight is 217 g/mol. The molecule has 1 atom stereocenters. The second-order valence-corrected chi connectivity index (χ2v) is 3.55. The Balaban J connectivity index is 4.64. The van der Waals surface area contributed by atoms with Gasteiger partial charge in [-0.25, -0.2) is 0 Å². The van der Waals surface area contributed by atoms with Crippen molar-refractivity contribution in [3.63, 3.8) is 0 Å². The van der Waals surface area contributed by atoms with Crippen LogP contribution in [0, 0.1) is 5.41 Å². The first-order valence-electron chi connectivity index (χ1n) is 4.02. The Kier molecular flexibility index (Phi) is 4.23. The number of rotatable bonds is 4. The number of halogens is 4. The molecule has 0 aromatic heterocycles. The standard InChI is InChI=1S/C8H12ClF3O/c1-3-4-5-7(2,6(9)13)8(10,11)12/h3-5H2,1-2H3. The molecule has 0 aliphatic heterocycles. The van der Waals surface area contributed by atoms with E-state index in [4.69, 9.17) is 11.6 Å². The quantitative estimate of drug-likeness (QED) is 0.658. The molecule has 0 radical (unpaired) electrons. The highest BCUT2D eigenvalue weighted by Gasteiger charge is 2.55. The molecule has 0 rings (SSSR count). The van der Waals surface area contributed by atoms with Gasteiger partial charge in [0.05, 0.1) is 0 Å². The number of carbonyl (C=O) groups excluding carboxylic acids is 1. The number of hydrogen-bond acceptors (Lipinski definition) is 1. The average Bonchev–Trinajstić information content (AvgIpc) is 1.97. The minimum Gasteiger partial charge on any atom is -0.280 e. The lowest BCUT2D eigenvalue weighted by atomic mass is 9.85. The molecule has 0 bridgehead atoms. The fraction of sp³-hybridized carbons (Fsp3) is 0.875. The van der Waals surface area contributed by atoms with E-state index >= 15 is 0 Å². The molecule has 0 spiro atoms. The maximum absolute atomic E-state index is 12.4. The van der Waals surface area contributed by atoms with Crippen LogP contribution >= 0.6 is 11.6 Å². The highest BCUT2D eigenvalue weighted by Crippen LogP contribution is 2.43. The highest BCUT2D eigenvalue weighted by molar-refractivity contribution is 6.64. The van der Waals surface area contributed by atoms with Crippen molar-refractivity contribution in [2.24, 2.45) is 5.41 Å². The van der Waals surface area contributed by atoms with Gasteiger partial charge in [0.1, 0.15) is 5.41 Å². The Morgan fingerprint density at radius 2 is 1.85 bits per heavy atom. The molecule has 0 N–H and O–H groups in total. The summed E-state index contributed by atoms with van der Waals surface area (Å²) in [6.07, 6.45) is -3.85. The minimum atomic E-state index is -4.55. The number of carbonyl (C=O) groups is 1. The number of alkyl halides is 3. The lowest BCUT2D eigenvalue weighted by molar-refractivity contribution is -0.213. The van der Waals surface area contributed by atoms with Crippen LogP contribution in [0.4, 0.5) is 13.2 Å². The number of hydrogen-bond donors (Lipinski definition) is 0. The van der Waals surface area contributed by atoms with Crippen molar-refractivity contribution in [1.29, 1.82) is 0 Å². The first-order valence-corrected chi connectivity index (χ1v) is 4.40. The van der Waals surface area contributed by atoms with Crippen molar-refractivity contribution in [3.05, 3.63) is 0 Å². The predicted octanol–water partition coefficient (Wildman–Crippen LogP) is 3.51. The summed E-state index contributed by atoms with van der Waals surface area (Å²) in [7, 11) is 0. The second kappa shape index (κ2) is 4.31. The van der Waals surface area contributed by atoms with Gasteiger partial charge in [-0.05, 0) is 24.9 Å². The summed E-state index contributed by atoms with van der Waals surface area (Å²) in [5, 5.41) is -1.33. The zero-order valence-corrected chi connectivity index (χ0v) is 8.30. The SMILES string of the molecule is CCCCC(C)(C(=O)Cl)C(F)(F)F. The van der Waals surface area contributed by atoms with Crippen LogP contribution < -0.4 is 0 Å². The third-order valence-electron chi connectivity index (χ3n) is 2.09. The van der Waals surface area contributed by atoms with Crippen molar-refractivity contribution in [3.8, 4) is 0 Å². The van der Waals surface area contributed by atoms with Gasteiger partial charge in [0.15, 0.2) is 0 Å². The summed E-state index contributed by atoms with van der Waals surface area (Å²) >= 11 is 4.95. The lowest BCUT2D eigenvalue weighted by Crippen LogP contribution is -2.40. The molecule has 13 heavy (non-hydrogen) atoms. The Bertz CT molecular complexity index is 190. The van der Waals surface area contributed by atoms with E-state index in [1.54, 1.807) is 6.92 Å². The summed E-state index contributed by atoms with van der Waals surface area (Å²) in [4.78, 5) is 10.7. The van der Waals surface area contributed by atoms with Crippen molar-refractivity contribution in [2.45, 2.75) is 39.3 Å². The molecule has 5 heteroatoms. The van der Waals surface area contributed by atoms with Gasteiger partial charge in [0, 0.05) is 0 Å². The predicted molar refractivity (Wildman–Crippen MR) is 44.5 cm³/mol. The zero-order chi connectivity index (χ0) is 10.7. The zero-order valence-electron chi connectivity index (χ0n) is 7.54. The first-order chi connectivity index (χ1) is 5.75. The molecule has 0 aromatic carbocycles. The van der Waals surface area contributed by atoms with E-state index in [-0.39, 0.29) is 6.42 Å². The Morgan fingerprint density at radius 1 is 1.38 bits per heavy atom. The smallest absolute Gasteiger partial charge is 0.280 e. The van der Waals surface area contributed by atoms with Gasteiger partial charge in [-0.2, -0.15) is 13.2 Å². The van der Waals surface area contributed by atoms with Gasteiger partial charge in [-0.1, -0.05) is 19.8 Å². The van der Waals surface area contributed by atoms with Gasteiger partial charge in [0.2, 0.25) is 5.24 Å². The molecular formula is C8H12ClF3O. The van der Waals surface area contributed by atoms with E-state index in [2.05, 4.69) is 0 Å². The largest absolute Gasteiger partial charge is 0.402 e. The van der Waals surface area contributed by atoms with E-state index in [1.807, 2.05) is 0 Å².